The van der Waals surface area contributed by atoms with Gasteiger partial charge in [-0.1, -0.05) is 0 Å². The van der Waals surface area contributed by atoms with E-state index in [1.54, 1.807) is 20.2 Å². The van der Waals surface area contributed by atoms with Crippen molar-refractivity contribution in [3.8, 4) is 0 Å². The maximum absolute atomic E-state index is 11.5. The first-order chi connectivity index (χ1) is 7.95. The van der Waals surface area contributed by atoms with E-state index < -0.39 is 18.0 Å². The standard InChI is InChI=1S/C10H15N3O4/c1-3-17-10(16)8-6(5-13(2)12-8)4-7(11)9(14)15/h5,7H,3-4,11H2,1-2H3,(H,14,15). The number of carbonyl (C=O) groups excluding carboxylic acids is 1. The molecule has 7 nitrogen and oxygen atoms in total. The van der Waals surface area contributed by atoms with Gasteiger partial charge in [-0.05, 0) is 6.92 Å². The van der Waals surface area contributed by atoms with Crippen molar-refractivity contribution in [3.05, 3.63) is 17.5 Å². The summed E-state index contributed by atoms with van der Waals surface area (Å²) in [6.07, 6.45) is 1.60. The second-order valence-corrected chi connectivity index (χ2v) is 3.55. The molecule has 1 aromatic heterocycles. The van der Waals surface area contributed by atoms with Gasteiger partial charge in [0.25, 0.3) is 0 Å². The van der Waals surface area contributed by atoms with Gasteiger partial charge in [-0.2, -0.15) is 5.10 Å². The zero-order chi connectivity index (χ0) is 13.0. The number of hydrogen-bond donors (Lipinski definition) is 2. The molecule has 0 saturated heterocycles. The lowest BCUT2D eigenvalue weighted by Crippen LogP contribution is -2.32. The summed E-state index contributed by atoms with van der Waals surface area (Å²) in [6, 6.07) is -1.06. The number of carboxylic acids is 1. The number of rotatable bonds is 5. The summed E-state index contributed by atoms with van der Waals surface area (Å²) in [5, 5.41) is 12.6. The Morgan fingerprint density at radius 3 is 2.82 bits per heavy atom. The molecular weight excluding hydrogens is 226 g/mol. The van der Waals surface area contributed by atoms with E-state index in [9.17, 15) is 9.59 Å². The van der Waals surface area contributed by atoms with Crippen molar-refractivity contribution < 1.29 is 19.4 Å². The molecule has 0 amide bonds. The molecular formula is C10H15N3O4. The zero-order valence-corrected chi connectivity index (χ0v) is 9.71. The van der Waals surface area contributed by atoms with Crippen LogP contribution in [0.15, 0.2) is 6.20 Å². The molecule has 0 radical (unpaired) electrons. The summed E-state index contributed by atoms with van der Waals surface area (Å²) >= 11 is 0. The Morgan fingerprint density at radius 2 is 2.29 bits per heavy atom. The third-order valence-electron chi connectivity index (χ3n) is 2.13. The van der Waals surface area contributed by atoms with E-state index >= 15 is 0 Å². The molecule has 0 spiro atoms. The quantitative estimate of drug-likeness (QED) is 0.676. The average Bonchev–Trinajstić information content (AvgIpc) is 2.59. The van der Waals surface area contributed by atoms with Crippen LogP contribution in [0.3, 0.4) is 0 Å². The number of carbonyl (C=O) groups is 2. The summed E-state index contributed by atoms with van der Waals surface area (Å²) in [5.74, 6) is -1.69. The van der Waals surface area contributed by atoms with Gasteiger partial charge >= 0.3 is 11.9 Å². The van der Waals surface area contributed by atoms with Gasteiger partial charge in [0.1, 0.15) is 6.04 Å². The van der Waals surface area contributed by atoms with E-state index in [1.807, 2.05) is 0 Å². The number of ether oxygens (including phenoxy) is 1. The van der Waals surface area contributed by atoms with Crippen molar-refractivity contribution in [2.75, 3.05) is 6.61 Å². The van der Waals surface area contributed by atoms with Crippen LogP contribution >= 0.6 is 0 Å². The van der Waals surface area contributed by atoms with Crippen LogP contribution < -0.4 is 5.73 Å². The summed E-state index contributed by atoms with van der Waals surface area (Å²) in [5.41, 5.74) is 6.00. The molecule has 1 unspecified atom stereocenters. The van der Waals surface area contributed by atoms with Crippen LogP contribution in [0.25, 0.3) is 0 Å². The van der Waals surface area contributed by atoms with Crippen LogP contribution in [0.1, 0.15) is 23.0 Å². The first-order valence-electron chi connectivity index (χ1n) is 5.13. The monoisotopic (exact) mass is 241 g/mol. The largest absolute Gasteiger partial charge is 0.480 e. The minimum Gasteiger partial charge on any atom is -0.480 e. The van der Waals surface area contributed by atoms with Crippen LogP contribution in [-0.2, 0) is 23.0 Å². The molecule has 0 aliphatic rings. The van der Waals surface area contributed by atoms with Crippen molar-refractivity contribution in [2.24, 2.45) is 12.8 Å². The highest BCUT2D eigenvalue weighted by Crippen LogP contribution is 2.10. The molecule has 0 fully saturated rings. The second-order valence-electron chi connectivity index (χ2n) is 3.55. The fraction of sp³-hybridized carbons (Fsp3) is 0.500. The number of hydrogen-bond acceptors (Lipinski definition) is 5. The van der Waals surface area contributed by atoms with E-state index in [2.05, 4.69) is 5.10 Å². The van der Waals surface area contributed by atoms with Crippen molar-refractivity contribution in [1.29, 1.82) is 0 Å². The first-order valence-corrected chi connectivity index (χ1v) is 5.13. The molecule has 0 aliphatic heterocycles. The molecule has 0 saturated carbocycles. The van der Waals surface area contributed by atoms with E-state index in [1.165, 1.54) is 4.68 Å². The molecule has 0 bridgehead atoms. The van der Waals surface area contributed by atoms with E-state index in [4.69, 9.17) is 15.6 Å². The van der Waals surface area contributed by atoms with Crippen molar-refractivity contribution in [3.63, 3.8) is 0 Å². The lowest BCUT2D eigenvalue weighted by Gasteiger charge is -2.05. The topological polar surface area (TPSA) is 107 Å². The van der Waals surface area contributed by atoms with Crippen molar-refractivity contribution >= 4 is 11.9 Å². The van der Waals surface area contributed by atoms with Gasteiger partial charge in [0.2, 0.25) is 0 Å². The SMILES string of the molecule is CCOC(=O)c1nn(C)cc1CC(N)C(=O)O. The molecule has 0 aromatic carbocycles. The third-order valence-corrected chi connectivity index (χ3v) is 2.13. The number of aliphatic carboxylic acids is 1. The minimum atomic E-state index is -1.12. The summed E-state index contributed by atoms with van der Waals surface area (Å²) in [7, 11) is 1.64. The van der Waals surface area contributed by atoms with Gasteiger partial charge in [-0.3, -0.25) is 9.48 Å². The number of esters is 1. The molecule has 1 aromatic rings. The Bertz CT molecular complexity index is 427. The van der Waals surface area contributed by atoms with Gasteiger partial charge < -0.3 is 15.6 Å². The summed E-state index contributed by atoms with van der Waals surface area (Å²) in [6.45, 7) is 1.92. The number of aromatic nitrogens is 2. The zero-order valence-electron chi connectivity index (χ0n) is 9.71. The normalized spacial score (nSPS) is 12.2. The van der Waals surface area contributed by atoms with Crippen molar-refractivity contribution in [2.45, 2.75) is 19.4 Å². The lowest BCUT2D eigenvalue weighted by atomic mass is 10.1. The van der Waals surface area contributed by atoms with Crippen LogP contribution in [0.5, 0.6) is 0 Å². The molecule has 3 N–H and O–H groups in total. The Kier molecular flexibility index (Phi) is 4.22. The third kappa shape index (κ3) is 3.28. The molecule has 1 rings (SSSR count). The molecule has 17 heavy (non-hydrogen) atoms. The van der Waals surface area contributed by atoms with Gasteiger partial charge in [-0.25, -0.2) is 4.79 Å². The molecule has 7 heteroatoms. The van der Waals surface area contributed by atoms with Gasteiger partial charge in [0.15, 0.2) is 5.69 Å². The van der Waals surface area contributed by atoms with Gasteiger partial charge in [0.05, 0.1) is 6.61 Å². The Balaban J connectivity index is 2.91. The number of nitrogens with two attached hydrogens (primary N) is 1. The predicted molar refractivity (Wildman–Crippen MR) is 58.5 cm³/mol. The molecule has 1 atom stereocenters. The molecule has 1 heterocycles. The fourth-order valence-corrected chi connectivity index (χ4v) is 1.38. The number of carboxylic acid groups (broad SMARTS) is 1. The van der Waals surface area contributed by atoms with Crippen LogP contribution in [0, 0.1) is 0 Å². The fourth-order valence-electron chi connectivity index (χ4n) is 1.38. The number of nitrogens with zero attached hydrogens (tertiary/aromatic N) is 2. The highest BCUT2D eigenvalue weighted by atomic mass is 16.5. The van der Waals surface area contributed by atoms with Crippen LogP contribution in [-0.4, -0.2) is 39.5 Å². The van der Waals surface area contributed by atoms with E-state index in [-0.39, 0.29) is 18.7 Å². The molecule has 94 valence electrons. The highest BCUT2D eigenvalue weighted by Gasteiger charge is 2.21. The predicted octanol–water partition coefficient (Wildman–Crippen LogP) is -0.449. The molecule has 0 aliphatic carbocycles. The Hall–Kier alpha value is -1.89. The Morgan fingerprint density at radius 1 is 1.65 bits per heavy atom. The summed E-state index contributed by atoms with van der Waals surface area (Å²) in [4.78, 5) is 22.2. The maximum atomic E-state index is 11.5. The first kappa shape index (κ1) is 13.2. The van der Waals surface area contributed by atoms with Crippen LogP contribution in [0.2, 0.25) is 0 Å². The number of aryl methyl sites for hydroxylation is 1. The van der Waals surface area contributed by atoms with Gasteiger partial charge in [-0.15, -0.1) is 0 Å². The van der Waals surface area contributed by atoms with Gasteiger partial charge in [0, 0.05) is 25.2 Å². The lowest BCUT2D eigenvalue weighted by molar-refractivity contribution is -0.138. The minimum absolute atomic E-state index is 0.0390. The average molecular weight is 241 g/mol. The highest BCUT2D eigenvalue weighted by molar-refractivity contribution is 5.89. The van der Waals surface area contributed by atoms with Crippen LogP contribution in [0.4, 0.5) is 0 Å². The summed E-state index contributed by atoms with van der Waals surface area (Å²) < 4.78 is 6.25. The van der Waals surface area contributed by atoms with E-state index in [0.717, 1.165) is 0 Å². The second kappa shape index (κ2) is 5.44. The van der Waals surface area contributed by atoms with E-state index in [0.29, 0.717) is 5.56 Å². The Labute approximate surface area is 98.2 Å². The van der Waals surface area contributed by atoms with Crippen molar-refractivity contribution in [1.82, 2.24) is 9.78 Å². The maximum Gasteiger partial charge on any atom is 0.359 e. The smallest absolute Gasteiger partial charge is 0.359 e.